The topological polar surface area (TPSA) is 86.0 Å². The van der Waals surface area contributed by atoms with Crippen LogP contribution in [-0.4, -0.2) is 22.1 Å². The van der Waals surface area contributed by atoms with E-state index in [1.54, 1.807) is 25.6 Å². The van der Waals surface area contributed by atoms with E-state index in [1.165, 1.54) is 0 Å². The number of rotatable bonds is 3. The van der Waals surface area contributed by atoms with Gasteiger partial charge >= 0.3 is 0 Å². The van der Waals surface area contributed by atoms with Crippen LogP contribution in [0.15, 0.2) is 42.7 Å². The van der Waals surface area contributed by atoms with Crippen LogP contribution in [0.5, 0.6) is 5.75 Å². The maximum Gasteiger partial charge on any atom is 0.227 e. The highest BCUT2D eigenvalue weighted by atomic mass is 16.5. The lowest BCUT2D eigenvalue weighted by Gasteiger charge is -2.07. The van der Waals surface area contributed by atoms with E-state index in [0.29, 0.717) is 11.8 Å². The van der Waals surface area contributed by atoms with E-state index in [4.69, 9.17) is 10.5 Å². The molecule has 0 amide bonds. The van der Waals surface area contributed by atoms with Gasteiger partial charge < -0.3 is 15.8 Å². The molecule has 6 nitrogen and oxygen atoms in total. The molecule has 0 fully saturated rings. The lowest BCUT2D eigenvalue weighted by Crippen LogP contribution is -1.99. The molecule has 0 radical (unpaired) electrons. The number of aromatic nitrogens is 3. The number of hydrogen-bond donors (Lipinski definition) is 2. The van der Waals surface area contributed by atoms with Crippen LogP contribution in [0.1, 0.15) is 0 Å². The van der Waals surface area contributed by atoms with E-state index < -0.39 is 0 Å². The van der Waals surface area contributed by atoms with Gasteiger partial charge in [-0.2, -0.15) is 0 Å². The first-order chi connectivity index (χ1) is 9.76. The fraction of sp³-hybridized carbons (Fsp3) is 0.0714. The number of nitrogen functional groups attached to an aromatic ring is 1. The minimum atomic E-state index is 0.429. The Kier molecular flexibility index (Phi) is 3.04. The average molecular weight is 267 g/mol. The number of benzene rings is 1. The third-order valence-electron chi connectivity index (χ3n) is 2.89. The molecule has 100 valence electrons. The van der Waals surface area contributed by atoms with E-state index in [1.807, 2.05) is 24.3 Å². The van der Waals surface area contributed by atoms with Crippen LogP contribution < -0.4 is 15.8 Å². The number of methoxy groups -OCH3 is 1. The minimum Gasteiger partial charge on any atom is -0.497 e. The Morgan fingerprint density at radius 2 is 1.90 bits per heavy atom. The van der Waals surface area contributed by atoms with Crippen LogP contribution >= 0.6 is 0 Å². The van der Waals surface area contributed by atoms with Gasteiger partial charge in [-0.25, -0.2) is 15.0 Å². The first-order valence-corrected chi connectivity index (χ1v) is 6.04. The standard InChI is InChI=1S/C14H13N5O/c1-20-10-4-2-9(3-5-10)18-14-17-8-11-12(19-14)6-7-16-13(11)15/h2-8H,1H3,(H2,15,16)(H,17,18,19). The molecule has 0 saturated carbocycles. The van der Waals surface area contributed by atoms with Gasteiger partial charge in [0, 0.05) is 18.1 Å². The highest BCUT2D eigenvalue weighted by Crippen LogP contribution is 2.20. The number of hydrogen-bond acceptors (Lipinski definition) is 6. The Labute approximate surface area is 115 Å². The fourth-order valence-corrected chi connectivity index (χ4v) is 1.84. The summed E-state index contributed by atoms with van der Waals surface area (Å²) in [5.74, 6) is 1.74. The van der Waals surface area contributed by atoms with Gasteiger partial charge in [-0.15, -0.1) is 0 Å². The second-order valence-corrected chi connectivity index (χ2v) is 4.18. The highest BCUT2D eigenvalue weighted by molar-refractivity contribution is 5.87. The molecule has 6 heteroatoms. The van der Waals surface area contributed by atoms with Gasteiger partial charge in [-0.3, -0.25) is 0 Å². The molecule has 1 aromatic carbocycles. The van der Waals surface area contributed by atoms with Crippen molar-refractivity contribution in [3.8, 4) is 5.75 Å². The highest BCUT2D eigenvalue weighted by Gasteiger charge is 2.03. The van der Waals surface area contributed by atoms with Gasteiger partial charge in [0.05, 0.1) is 18.0 Å². The summed E-state index contributed by atoms with van der Waals surface area (Å²) in [6, 6.07) is 9.32. The van der Waals surface area contributed by atoms with Gasteiger partial charge in [0.25, 0.3) is 0 Å². The zero-order valence-electron chi connectivity index (χ0n) is 10.9. The summed E-state index contributed by atoms with van der Waals surface area (Å²) in [5, 5.41) is 3.87. The van der Waals surface area contributed by atoms with Crippen molar-refractivity contribution in [2.45, 2.75) is 0 Å². The van der Waals surface area contributed by atoms with Crippen molar-refractivity contribution >= 4 is 28.4 Å². The second-order valence-electron chi connectivity index (χ2n) is 4.18. The molecule has 0 saturated heterocycles. The van der Waals surface area contributed by atoms with Crippen molar-refractivity contribution < 1.29 is 4.74 Å². The molecule has 3 rings (SSSR count). The molecule has 0 unspecified atom stereocenters. The molecular weight excluding hydrogens is 254 g/mol. The number of fused-ring (bicyclic) bond motifs is 1. The molecule has 0 atom stereocenters. The number of nitrogens with two attached hydrogens (primary N) is 1. The van der Waals surface area contributed by atoms with Crippen LogP contribution in [0.25, 0.3) is 10.9 Å². The molecule has 0 aliphatic carbocycles. The zero-order chi connectivity index (χ0) is 13.9. The van der Waals surface area contributed by atoms with Crippen LogP contribution in [0.3, 0.4) is 0 Å². The summed E-state index contributed by atoms with van der Waals surface area (Å²) < 4.78 is 5.11. The largest absolute Gasteiger partial charge is 0.497 e. The summed E-state index contributed by atoms with van der Waals surface area (Å²) in [7, 11) is 1.63. The monoisotopic (exact) mass is 267 g/mol. The molecule has 2 heterocycles. The Hall–Kier alpha value is -2.89. The summed E-state index contributed by atoms with van der Waals surface area (Å²) in [4.78, 5) is 12.6. The van der Waals surface area contributed by atoms with Gasteiger partial charge in [-0.1, -0.05) is 0 Å². The predicted molar refractivity (Wildman–Crippen MR) is 78.0 cm³/mol. The summed E-state index contributed by atoms with van der Waals surface area (Å²) in [6.07, 6.45) is 3.29. The van der Waals surface area contributed by atoms with Gasteiger partial charge in [-0.05, 0) is 30.3 Å². The summed E-state index contributed by atoms with van der Waals surface area (Å²) in [6.45, 7) is 0. The Bertz CT molecular complexity index is 742. The van der Waals surface area contributed by atoms with Crippen molar-refractivity contribution in [3.63, 3.8) is 0 Å². The van der Waals surface area contributed by atoms with Crippen LogP contribution in [0.2, 0.25) is 0 Å². The zero-order valence-corrected chi connectivity index (χ0v) is 10.9. The molecule has 0 bridgehead atoms. The van der Waals surface area contributed by atoms with Gasteiger partial charge in [0.15, 0.2) is 0 Å². The smallest absolute Gasteiger partial charge is 0.227 e. The summed E-state index contributed by atoms with van der Waals surface area (Å²) >= 11 is 0. The van der Waals surface area contributed by atoms with E-state index in [2.05, 4.69) is 20.3 Å². The van der Waals surface area contributed by atoms with Crippen molar-refractivity contribution in [2.24, 2.45) is 0 Å². The Morgan fingerprint density at radius 3 is 2.65 bits per heavy atom. The molecule has 0 spiro atoms. The summed E-state index contributed by atoms with van der Waals surface area (Å²) in [5.41, 5.74) is 7.40. The van der Waals surface area contributed by atoms with Gasteiger partial charge in [0.1, 0.15) is 11.6 Å². The van der Waals surface area contributed by atoms with E-state index in [9.17, 15) is 0 Å². The molecular formula is C14H13N5O. The van der Waals surface area contributed by atoms with Crippen molar-refractivity contribution in [3.05, 3.63) is 42.7 Å². The molecule has 3 aromatic rings. The van der Waals surface area contributed by atoms with Crippen LogP contribution in [-0.2, 0) is 0 Å². The van der Waals surface area contributed by atoms with E-state index >= 15 is 0 Å². The van der Waals surface area contributed by atoms with Gasteiger partial charge in [0.2, 0.25) is 5.95 Å². The first-order valence-electron chi connectivity index (χ1n) is 6.04. The molecule has 2 aromatic heterocycles. The minimum absolute atomic E-state index is 0.429. The average Bonchev–Trinajstić information content (AvgIpc) is 2.48. The Morgan fingerprint density at radius 1 is 1.10 bits per heavy atom. The maximum absolute atomic E-state index is 5.77. The predicted octanol–water partition coefficient (Wildman–Crippen LogP) is 2.36. The van der Waals surface area contributed by atoms with Crippen molar-refractivity contribution in [1.29, 1.82) is 0 Å². The normalized spacial score (nSPS) is 10.4. The number of pyridine rings is 1. The molecule has 0 aliphatic rings. The molecule has 0 aliphatic heterocycles. The van der Waals surface area contributed by atoms with E-state index in [-0.39, 0.29) is 0 Å². The molecule has 3 N–H and O–H groups in total. The van der Waals surface area contributed by atoms with Crippen molar-refractivity contribution in [2.75, 3.05) is 18.2 Å². The fourth-order valence-electron chi connectivity index (χ4n) is 1.84. The van der Waals surface area contributed by atoms with Crippen molar-refractivity contribution in [1.82, 2.24) is 15.0 Å². The number of ether oxygens (including phenoxy) is 1. The number of anilines is 3. The second kappa shape index (κ2) is 5.00. The maximum atomic E-state index is 5.77. The Balaban J connectivity index is 1.90. The third-order valence-corrected chi connectivity index (χ3v) is 2.89. The first kappa shape index (κ1) is 12.2. The van der Waals surface area contributed by atoms with E-state index in [0.717, 1.165) is 22.3 Å². The third kappa shape index (κ3) is 2.31. The van der Waals surface area contributed by atoms with Crippen LogP contribution in [0, 0.1) is 0 Å². The number of nitrogens with one attached hydrogen (secondary N) is 1. The lowest BCUT2D eigenvalue weighted by atomic mass is 10.3. The lowest BCUT2D eigenvalue weighted by molar-refractivity contribution is 0.415. The molecule has 20 heavy (non-hydrogen) atoms. The quantitative estimate of drug-likeness (QED) is 0.757. The number of nitrogens with zero attached hydrogens (tertiary/aromatic N) is 3. The SMILES string of the molecule is COc1ccc(Nc2ncc3c(N)nccc3n2)cc1. The van der Waals surface area contributed by atoms with Crippen LogP contribution in [0.4, 0.5) is 17.5 Å².